The van der Waals surface area contributed by atoms with Crippen LogP contribution in [0.3, 0.4) is 0 Å². The predicted octanol–water partition coefficient (Wildman–Crippen LogP) is 5.76. The first-order valence-electron chi connectivity index (χ1n) is 12.6. The summed E-state index contributed by atoms with van der Waals surface area (Å²) in [6.45, 7) is 8.52. The van der Waals surface area contributed by atoms with Crippen LogP contribution in [0.4, 0.5) is 20.7 Å². The maximum atomic E-state index is 14.2. The fourth-order valence-corrected chi connectivity index (χ4v) is 4.94. The van der Waals surface area contributed by atoms with Gasteiger partial charge >= 0.3 is 6.09 Å². The summed E-state index contributed by atoms with van der Waals surface area (Å²) in [7, 11) is 3.67. The molecule has 2 heterocycles. The molecule has 1 aliphatic rings. The molecular weight excluding hydrogens is 459 g/mol. The number of rotatable bonds is 7. The van der Waals surface area contributed by atoms with Crippen LogP contribution in [-0.4, -0.2) is 52.4 Å². The van der Waals surface area contributed by atoms with Gasteiger partial charge in [-0.25, -0.2) is 14.2 Å². The molecule has 7 nitrogen and oxygen atoms in total. The number of fused-ring (bicyclic) bond motifs is 3. The molecule has 0 aliphatic heterocycles. The smallest absolute Gasteiger partial charge is 0.410 e. The Kier molecular flexibility index (Phi) is 7.54. The number of aryl methyl sites for hydroxylation is 2. The van der Waals surface area contributed by atoms with Crippen molar-refractivity contribution in [2.75, 3.05) is 25.6 Å². The second-order valence-electron chi connectivity index (χ2n) is 10.4. The van der Waals surface area contributed by atoms with Gasteiger partial charge in [-0.3, -0.25) is 0 Å². The van der Waals surface area contributed by atoms with Crippen LogP contribution < -0.4 is 5.32 Å². The summed E-state index contributed by atoms with van der Waals surface area (Å²) in [5.74, 6) is 0.447. The maximum absolute atomic E-state index is 14.2. The molecule has 0 spiro atoms. The van der Waals surface area contributed by atoms with Gasteiger partial charge in [0.05, 0.1) is 6.61 Å². The van der Waals surface area contributed by atoms with Gasteiger partial charge in [-0.2, -0.15) is 0 Å². The number of pyridine rings is 1. The SMILES string of the molecule is CCc1ccc(Nc2ccc3c4c(n(C)c3n2)CCC(N(CCOC)C(=O)OC(C)(C)C)C4)cc1F. The van der Waals surface area contributed by atoms with Crippen molar-refractivity contribution in [2.45, 2.75) is 65.0 Å². The molecule has 8 heteroatoms. The topological polar surface area (TPSA) is 68.6 Å². The van der Waals surface area contributed by atoms with E-state index in [1.54, 1.807) is 13.2 Å². The largest absolute Gasteiger partial charge is 0.444 e. The van der Waals surface area contributed by atoms with Crippen molar-refractivity contribution >= 4 is 28.6 Å². The van der Waals surface area contributed by atoms with E-state index < -0.39 is 5.60 Å². The molecule has 0 fully saturated rings. The fourth-order valence-electron chi connectivity index (χ4n) is 4.94. The average Bonchev–Trinajstić information content (AvgIpc) is 3.09. The molecule has 0 saturated carbocycles. The molecule has 0 bridgehead atoms. The van der Waals surface area contributed by atoms with Gasteiger partial charge in [-0.1, -0.05) is 13.0 Å². The molecule has 1 atom stereocenters. The lowest BCUT2D eigenvalue weighted by Crippen LogP contribution is -2.47. The van der Waals surface area contributed by atoms with Crippen LogP contribution in [0, 0.1) is 5.82 Å². The van der Waals surface area contributed by atoms with E-state index in [-0.39, 0.29) is 18.0 Å². The normalized spacial score (nSPS) is 15.6. The Labute approximate surface area is 212 Å². The zero-order valence-corrected chi connectivity index (χ0v) is 22.2. The number of carbonyl (C=O) groups excluding carboxylic acids is 1. The van der Waals surface area contributed by atoms with Crippen molar-refractivity contribution in [3.05, 3.63) is 53.0 Å². The Morgan fingerprint density at radius 1 is 1.28 bits per heavy atom. The number of nitrogens with zero attached hydrogens (tertiary/aromatic N) is 3. The number of amides is 1. The quantitative estimate of drug-likeness (QED) is 0.450. The van der Waals surface area contributed by atoms with Gasteiger partial charge in [0, 0.05) is 43.5 Å². The van der Waals surface area contributed by atoms with E-state index in [9.17, 15) is 9.18 Å². The molecule has 1 unspecified atom stereocenters. The number of carbonyl (C=O) groups is 1. The number of anilines is 2. The first-order valence-corrected chi connectivity index (χ1v) is 12.6. The lowest BCUT2D eigenvalue weighted by Gasteiger charge is -2.35. The number of methoxy groups -OCH3 is 1. The third-order valence-electron chi connectivity index (χ3n) is 6.74. The van der Waals surface area contributed by atoms with Gasteiger partial charge in [0.2, 0.25) is 0 Å². The van der Waals surface area contributed by atoms with E-state index in [0.717, 1.165) is 30.3 Å². The van der Waals surface area contributed by atoms with Crippen LogP contribution in [0.5, 0.6) is 0 Å². The minimum Gasteiger partial charge on any atom is -0.444 e. The van der Waals surface area contributed by atoms with E-state index in [4.69, 9.17) is 14.5 Å². The summed E-state index contributed by atoms with van der Waals surface area (Å²) in [6, 6.07) is 9.20. The Hall–Kier alpha value is -3.13. The Balaban J connectivity index is 1.60. The Bertz CT molecular complexity index is 1250. The molecule has 36 heavy (non-hydrogen) atoms. The third kappa shape index (κ3) is 5.48. The monoisotopic (exact) mass is 496 g/mol. The summed E-state index contributed by atoms with van der Waals surface area (Å²) in [5.41, 5.74) is 4.12. The third-order valence-corrected chi connectivity index (χ3v) is 6.74. The number of aromatic nitrogens is 2. The standard InChI is InChI=1S/C28H37FN4O3/c1-7-18-8-9-19(16-23(18)29)30-25-13-11-21-22-17-20(10-12-24(22)32(5)26(21)31-25)33(14-15-35-6)27(34)36-28(2,3)4/h8-9,11,13,16,20H,7,10,12,14-15,17H2,1-6H3,(H,30,31). The van der Waals surface area contributed by atoms with Crippen LogP contribution >= 0.6 is 0 Å². The Morgan fingerprint density at radius 2 is 2.06 bits per heavy atom. The zero-order chi connectivity index (χ0) is 26.0. The van der Waals surface area contributed by atoms with Crippen LogP contribution in [0.1, 0.15) is 50.9 Å². The van der Waals surface area contributed by atoms with E-state index in [0.29, 0.717) is 36.6 Å². The highest BCUT2D eigenvalue weighted by molar-refractivity contribution is 5.85. The van der Waals surface area contributed by atoms with E-state index in [1.165, 1.54) is 17.3 Å². The summed E-state index contributed by atoms with van der Waals surface area (Å²) < 4.78 is 27.4. The van der Waals surface area contributed by atoms with Crippen molar-refractivity contribution in [3.63, 3.8) is 0 Å². The molecule has 4 rings (SSSR count). The fraction of sp³-hybridized carbons (Fsp3) is 0.500. The van der Waals surface area contributed by atoms with Gasteiger partial charge in [0.25, 0.3) is 0 Å². The van der Waals surface area contributed by atoms with Crippen LogP contribution in [0.25, 0.3) is 11.0 Å². The van der Waals surface area contributed by atoms with E-state index in [2.05, 4.69) is 16.0 Å². The number of halogens is 1. The van der Waals surface area contributed by atoms with Crippen molar-refractivity contribution in [2.24, 2.45) is 7.05 Å². The van der Waals surface area contributed by atoms with Crippen LogP contribution in [0.15, 0.2) is 30.3 Å². The molecule has 194 valence electrons. The molecular formula is C28H37FN4O3. The van der Waals surface area contributed by atoms with E-state index >= 15 is 0 Å². The lowest BCUT2D eigenvalue weighted by atomic mass is 9.90. The first kappa shape index (κ1) is 25.9. The first-order chi connectivity index (χ1) is 17.1. The van der Waals surface area contributed by atoms with Crippen molar-refractivity contribution in [1.82, 2.24) is 14.5 Å². The van der Waals surface area contributed by atoms with Crippen LogP contribution in [-0.2, 0) is 35.8 Å². The summed E-state index contributed by atoms with van der Waals surface area (Å²) in [5, 5.41) is 4.31. The summed E-state index contributed by atoms with van der Waals surface area (Å²) in [4.78, 5) is 19.7. The van der Waals surface area contributed by atoms with Gasteiger partial charge < -0.3 is 24.3 Å². The molecule has 3 aromatic rings. The molecule has 1 aromatic carbocycles. The predicted molar refractivity (Wildman–Crippen MR) is 140 cm³/mol. The molecule has 0 radical (unpaired) electrons. The van der Waals surface area contributed by atoms with Crippen molar-refractivity contribution < 1.29 is 18.7 Å². The lowest BCUT2D eigenvalue weighted by molar-refractivity contribution is 0.00879. The van der Waals surface area contributed by atoms with Gasteiger partial charge in [0.1, 0.15) is 22.9 Å². The minimum atomic E-state index is -0.561. The van der Waals surface area contributed by atoms with Crippen molar-refractivity contribution in [3.8, 4) is 0 Å². The van der Waals surface area contributed by atoms with Gasteiger partial charge in [0.15, 0.2) is 0 Å². The molecule has 2 aromatic heterocycles. The van der Waals surface area contributed by atoms with Gasteiger partial charge in [-0.05, 0) is 81.8 Å². The number of hydrogen-bond donors (Lipinski definition) is 1. The molecule has 1 N–H and O–H groups in total. The highest BCUT2D eigenvalue weighted by Crippen LogP contribution is 2.34. The summed E-state index contributed by atoms with van der Waals surface area (Å²) in [6.07, 6.45) is 2.76. The molecule has 1 aliphatic carbocycles. The van der Waals surface area contributed by atoms with Gasteiger partial charge in [-0.15, -0.1) is 0 Å². The number of ether oxygens (including phenoxy) is 2. The Morgan fingerprint density at radius 3 is 2.72 bits per heavy atom. The second-order valence-corrected chi connectivity index (χ2v) is 10.4. The number of benzene rings is 1. The van der Waals surface area contributed by atoms with Crippen molar-refractivity contribution in [1.29, 1.82) is 0 Å². The van der Waals surface area contributed by atoms with E-state index in [1.807, 2.05) is 51.8 Å². The highest BCUT2D eigenvalue weighted by Gasteiger charge is 2.33. The maximum Gasteiger partial charge on any atom is 0.410 e. The van der Waals surface area contributed by atoms with Crippen LogP contribution in [0.2, 0.25) is 0 Å². The minimum absolute atomic E-state index is 0.0194. The average molecular weight is 497 g/mol. The molecule has 0 saturated heterocycles. The second kappa shape index (κ2) is 10.5. The number of nitrogens with one attached hydrogen (secondary N) is 1. The summed E-state index contributed by atoms with van der Waals surface area (Å²) >= 11 is 0. The number of hydrogen-bond acceptors (Lipinski definition) is 5. The highest BCUT2D eigenvalue weighted by atomic mass is 19.1. The zero-order valence-electron chi connectivity index (χ0n) is 22.2. The molecule has 1 amide bonds.